The largest absolute Gasteiger partial charge is 0.496 e. The molecule has 4 aromatic rings. The number of anilines is 1. The van der Waals surface area contributed by atoms with Gasteiger partial charge in [-0.05, 0) is 48.7 Å². The topological polar surface area (TPSA) is 101 Å². The van der Waals surface area contributed by atoms with Gasteiger partial charge in [0, 0.05) is 47.5 Å². The van der Waals surface area contributed by atoms with E-state index < -0.39 is 12.1 Å². The van der Waals surface area contributed by atoms with Crippen LogP contribution >= 0.6 is 11.6 Å². The molecule has 1 amide bonds. The van der Waals surface area contributed by atoms with Gasteiger partial charge in [-0.3, -0.25) is 9.78 Å². The van der Waals surface area contributed by atoms with Crippen LogP contribution in [0.2, 0.25) is 5.02 Å². The number of benzene rings is 3. The molecule has 8 nitrogen and oxygen atoms in total. The van der Waals surface area contributed by atoms with Gasteiger partial charge in [0.1, 0.15) is 5.75 Å². The standard InChI is InChI=1S/C28H26ClF2N5O3/c1-39-24-13-21(9-8-19(24)15-32-20-4-2-3-18(12-20)25(30)31)36-28(38)34-26(35-36)22-11-16(5-10-23(22)29)14-33-27(37)17-6-7-17/h2-5,8-13,17,25,32H,6-7,14-15H2,1H3,(H,33,37)(H,34,35,38). The Labute approximate surface area is 228 Å². The quantitative estimate of drug-likeness (QED) is 0.242. The molecule has 0 spiro atoms. The monoisotopic (exact) mass is 553 g/mol. The molecule has 5 rings (SSSR count). The predicted octanol–water partition coefficient (Wildman–Crippen LogP) is 5.47. The van der Waals surface area contributed by atoms with Crippen LogP contribution in [0.25, 0.3) is 17.1 Å². The summed E-state index contributed by atoms with van der Waals surface area (Å²) in [4.78, 5) is 27.6. The highest BCUT2D eigenvalue weighted by Gasteiger charge is 2.29. The molecular weight excluding hydrogens is 528 g/mol. The number of methoxy groups -OCH3 is 1. The Kier molecular flexibility index (Phi) is 7.65. The molecule has 0 bridgehead atoms. The van der Waals surface area contributed by atoms with Crippen molar-refractivity contribution in [1.82, 2.24) is 20.1 Å². The maximum atomic E-state index is 13.0. The van der Waals surface area contributed by atoms with Crippen molar-refractivity contribution in [3.8, 4) is 22.8 Å². The molecule has 0 radical (unpaired) electrons. The van der Waals surface area contributed by atoms with Crippen molar-refractivity contribution in [2.45, 2.75) is 32.4 Å². The highest BCUT2D eigenvalue weighted by molar-refractivity contribution is 6.33. The number of carbonyl (C=O) groups is 1. The third-order valence-electron chi connectivity index (χ3n) is 6.46. The molecule has 39 heavy (non-hydrogen) atoms. The van der Waals surface area contributed by atoms with Crippen LogP contribution in [0.5, 0.6) is 5.75 Å². The third kappa shape index (κ3) is 6.12. The summed E-state index contributed by atoms with van der Waals surface area (Å²) in [6.45, 7) is 0.667. The summed E-state index contributed by atoms with van der Waals surface area (Å²) in [5.74, 6) is 0.926. The number of aromatic nitrogens is 3. The van der Waals surface area contributed by atoms with E-state index in [0.717, 1.165) is 24.0 Å². The maximum absolute atomic E-state index is 13.0. The normalized spacial score (nSPS) is 12.9. The van der Waals surface area contributed by atoms with Crippen molar-refractivity contribution < 1.29 is 18.3 Å². The molecule has 1 heterocycles. The average Bonchev–Trinajstić information content (AvgIpc) is 3.73. The molecule has 1 fully saturated rings. The molecule has 202 valence electrons. The van der Waals surface area contributed by atoms with E-state index in [2.05, 4.69) is 20.7 Å². The number of H-pyrrole nitrogens is 1. The van der Waals surface area contributed by atoms with Crippen molar-refractivity contribution in [3.05, 3.63) is 92.9 Å². The fraction of sp³-hybridized carbons (Fsp3) is 0.250. The minimum absolute atomic E-state index is 0.0402. The van der Waals surface area contributed by atoms with Gasteiger partial charge in [-0.2, -0.15) is 4.68 Å². The molecule has 1 saturated carbocycles. The molecule has 1 aliphatic carbocycles. The zero-order valence-corrected chi connectivity index (χ0v) is 21.8. The molecule has 3 aromatic carbocycles. The van der Waals surface area contributed by atoms with E-state index in [1.807, 2.05) is 6.07 Å². The Balaban J connectivity index is 1.34. The molecule has 11 heteroatoms. The van der Waals surface area contributed by atoms with E-state index in [1.165, 1.54) is 23.9 Å². The van der Waals surface area contributed by atoms with Crippen LogP contribution in [0.15, 0.2) is 65.5 Å². The highest BCUT2D eigenvalue weighted by atomic mass is 35.5. The van der Waals surface area contributed by atoms with Crippen LogP contribution in [0.1, 0.15) is 36.0 Å². The smallest absolute Gasteiger partial charge is 0.348 e. The summed E-state index contributed by atoms with van der Waals surface area (Å²) in [5, 5.41) is 10.9. The number of carbonyl (C=O) groups excluding carboxylic acids is 1. The van der Waals surface area contributed by atoms with Gasteiger partial charge in [0.15, 0.2) is 5.82 Å². The van der Waals surface area contributed by atoms with Gasteiger partial charge >= 0.3 is 5.69 Å². The Morgan fingerprint density at radius 3 is 2.72 bits per heavy atom. The van der Waals surface area contributed by atoms with Crippen LogP contribution in [0.4, 0.5) is 14.5 Å². The number of ether oxygens (including phenoxy) is 1. The van der Waals surface area contributed by atoms with Crippen LogP contribution < -0.4 is 21.1 Å². The fourth-order valence-corrected chi connectivity index (χ4v) is 4.36. The number of aromatic amines is 1. The van der Waals surface area contributed by atoms with Crippen molar-refractivity contribution >= 4 is 23.2 Å². The van der Waals surface area contributed by atoms with E-state index in [4.69, 9.17) is 16.3 Å². The number of amides is 1. The number of hydrogen-bond acceptors (Lipinski definition) is 5. The van der Waals surface area contributed by atoms with Gasteiger partial charge in [0.05, 0.1) is 17.8 Å². The van der Waals surface area contributed by atoms with E-state index in [-0.39, 0.29) is 23.2 Å². The summed E-state index contributed by atoms with van der Waals surface area (Å²) in [5.41, 5.74) is 2.61. The predicted molar refractivity (Wildman–Crippen MR) is 144 cm³/mol. The molecule has 1 aliphatic rings. The maximum Gasteiger partial charge on any atom is 0.348 e. The Morgan fingerprint density at radius 2 is 1.97 bits per heavy atom. The van der Waals surface area contributed by atoms with E-state index in [9.17, 15) is 18.4 Å². The third-order valence-corrected chi connectivity index (χ3v) is 6.78. The average molecular weight is 554 g/mol. The summed E-state index contributed by atoms with van der Waals surface area (Å²) in [7, 11) is 1.51. The lowest BCUT2D eigenvalue weighted by Crippen LogP contribution is -2.24. The second kappa shape index (κ2) is 11.3. The summed E-state index contributed by atoms with van der Waals surface area (Å²) in [6.07, 6.45) is -0.704. The number of alkyl halides is 2. The zero-order valence-electron chi connectivity index (χ0n) is 21.0. The van der Waals surface area contributed by atoms with E-state index >= 15 is 0 Å². The molecule has 1 aromatic heterocycles. The van der Waals surface area contributed by atoms with Gasteiger partial charge in [0.2, 0.25) is 5.91 Å². The first-order valence-electron chi connectivity index (χ1n) is 12.4. The lowest BCUT2D eigenvalue weighted by Gasteiger charge is -2.13. The Bertz CT molecular complexity index is 1570. The first kappa shape index (κ1) is 26.4. The molecule has 0 atom stereocenters. The van der Waals surface area contributed by atoms with E-state index in [0.29, 0.717) is 40.8 Å². The highest BCUT2D eigenvalue weighted by Crippen LogP contribution is 2.30. The van der Waals surface area contributed by atoms with Crippen molar-refractivity contribution in [1.29, 1.82) is 0 Å². The van der Waals surface area contributed by atoms with Gasteiger partial charge in [-0.25, -0.2) is 13.6 Å². The van der Waals surface area contributed by atoms with Gasteiger partial charge < -0.3 is 15.4 Å². The van der Waals surface area contributed by atoms with Crippen LogP contribution in [0.3, 0.4) is 0 Å². The van der Waals surface area contributed by atoms with Crippen molar-refractivity contribution in [2.24, 2.45) is 5.92 Å². The Morgan fingerprint density at radius 1 is 1.15 bits per heavy atom. The lowest BCUT2D eigenvalue weighted by atomic mass is 10.1. The second-order valence-electron chi connectivity index (χ2n) is 9.27. The number of hydrogen-bond donors (Lipinski definition) is 3. The fourth-order valence-electron chi connectivity index (χ4n) is 4.16. The summed E-state index contributed by atoms with van der Waals surface area (Å²) >= 11 is 6.42. The Hall–Kier alpha value is -4.18. The minimum Gasteiger partial charge on any atom is -0.496 e. The summed E-state index contributed by atoms with van der Waals surface area (Å²) in [6, 6.07) is 16.5. The van der Waals surface area contributed by atoms with Crippen LogP contribution in [-0.4, -0.2) is 27.8 Å². The molecule has 3 N–H and O–H groups in total. The van der Waals surface area contributed by atoms with Gasteiger partial charge in [-0.15, -0.1) is 5.10 Å². The first-order valence-corrected chi connectivity index (χ1v) is 12.8. The first-order chi connectivity index (χ1) is 18.8. The van der Waals surface area contributed by atoms with E-state index in [1.54, 1.807) is 42.5 Å². The molecular formula is C28H26ClF2N5O3. The van der Waals surface area contributed by atoms with Crippen molar-refractivity contribution in [2.75, 3.05) is 12.4 Å². The van der Waals surface area contributed by atoms with Crippen molar-refractivity contribution in [3.63, 3.8) is 0 Å². The van der Waals surface area contributed by atoms with Crippen LogP contribution in [0, 0.1) is 5.92 Å². The molecule has 0 unspecified atom stereocenters. The number of nitrogens with one attached hydrogen (secondary N) is 3. The number of rotatable bonds is 10. The SMILES string of the molecule is COc1cc(-n2nc(-c3cc(CNC(=O)C4CC4)ccc3Cl)[nH]c2=O)ccc1CNc1cccc(C(F)F)c1. The summed E-state index contributed by atoms with van der Waals surface area (Å²) < 4.78 is 32.7. The van der Waals surface area contributed by atoms with Gasteiger partial charge in [-0.1, -0.05) is 35.9 Å². The van der Waals surface area contributed by atoms with Crippen LogP contribution in [-0.2, 0) is 17.9 Å². The number of halogens is 3. The second-order valence-corrected chi connectivity index (χ2v) is 9.68. The number of nitrogens with zero attached hydrogens (tertiary/aromatic N) is 2. The molecule has 0 aliphatic heterocycles. The minimum atomic E-state index is -2.55. The van der Waals surface area contributed by atoms with Gasteiger partial charge in [0.25, 0.3) is 6.43 Å². The lowest BCUT2D eigenvalue weighted by molar-refractivity contribution is -0.122. The molecule has 0 saturated heterocycles. The zero-order chi connectivity index (χ0) is 27.5.